The number of rotatable bonds is 6. The van der Waals surface area contributed by atoms with Gasteiger partial charge in [0.2, 0.25) is 11.9 Å². The van der Waals surface area contributed by atoms with Crippen molar-refractivity contribution in [3.8, 4) is 5.75 Å². The largest absolute Gasteiger partial charge is 0.494 e. The van der Waals surface area contributed by atoms with Gasteiger partial charge in [-0.15, -0.1) is 17.0 Å². The van der Waals surface area contributed by atoms with E-state index in [1.54, 1.807) is 5.06 Å². The summed E-state index contributed by atoms with van der Waals surface area (Å²) in [6, 6.07) is 7.96. The topological polar surface area (TPSA) is 108 Å². The standard InChI is InChI=1S/C17H25N5O3.BrH/c1-13-3-5-14(6-4-13)24-9-2-10-25-22-16(19)20-15(18)21-17(22)7-11-23-12-8-17;/h3-6H,2,7-12H2,1H3,(H4,18,19,20,21);1H. The van der Waals surface area contributed by atoms with Gasteiger partial charge in [-0.3, -0.25) is 4.84 Å². The van der Waals surface area contributed by atoms with Gasteiger partial charge in [-0.1, -0.05) is 17.7 Å². The molecule has 8 nitrogen and oxygen atoms in total. The first-order valence-corrected chi connectivity index (χ1v) is 8.49. The summed E-state index contributed by atoms with van der Waals surface area (Å²) in [6.45, 7) is 4.21. The van der Waals surface area contributed by atoms with E-state index in [-0.39, 0.29) is 28.9 Å². The van der Waals surface area contributed by atoms with E-state index in [1.165, 1.54) is 5.56 Å². The van der Waals surface area contributed by atoms with Gasteiger partial charge in [-0.2, -0.15) is 10.1 Å². The minimum absolute atomic E-state index is 0. The van der Waals surface area contributed by atoms with Gasteiger partial charge in [0.15, 0.2) is 5.66 Å². The van der Waals surface area contributed by atoms with Gasteiger partial charge in [-0.05, 0) is 19.1 Å². The molecule has 0 unspecified atom stereocenters. The highest BCUT2D eigenvalue weighted by atomic mass is 79.9. The summed E-state index contributed by atoms with van der Waals surface area (Å²) in [5.41, 5.74) is 12.4. The summed E-state index contributed by atoms with van der Waals surface area (Å²) in [7, 11) is 0. The van der Waals surface area contributed by atoms with Crippen molar-refractivity contribution in [2.75, 3.05) is 26.4 Å². The number of ether oxygens (including phenoxy) is 2. The number of hydrogen-bond donors (Lipinski definition) is 2. The summed E-state index contributed by atoms with van der Waals surface area (Å²) in [5, 5.41) is 1.58. The molecule has 0 aliphatic carbocycles. The van der Waals surface area contributed by atoms with Crippen molar-refractivity contribution in [2.24, 2.45) is 21.5 Å². The molecule has 1 spiro atoms. The van der Waals surface area contributed by atoms with E-state index in [2.05, 4.69) is 9.98 Å². The Kier molecular flexibility index (Phi) is 7.24. The number of nitrogens with two attached hydrogens (primary N) is 2. The van der Waals surface area contributed by atoms with Crippen LogP contribution in [0.2, 0.25) is 0 Å². The highest BCUT2D eigenvalue weighted by Crippen LogP contribution is 2.31. The van der Waals surface area contributed by atoms with Crippen LogP contribution in [-0.2, 0) is 9.57 Å². The van der Waals surface area contributed by atoms with E-state index in [4.69, 9.17) is 25.8 Å². The molecule has 2 heterocycles. The molecule has 1 aromatic carbocycles. The molecular weight excluding hydrogens is 402 g/mol. The number of nitrogens with zero attached hydrogens (tertiary/aromatic N) is 3. The Morgan fingerprint density at radius 2 is 1.85 bits per heavy atom. The molecule has 0 radical (unpaired) electrons. The van der Waals surface area contributed by atoms with Crippen LogP contribution in [0, 0.1) is 6.92 Å². The summed E-state index contributed by atoms with van der Waals surface area (Å²) >= 11 is 0. The zero-order valence-corrected chi connectivity index (χ0v) is 16.6. The van der Waals surface area contributed by atoms with Crippen LogP contribution >= 0.6 is 17.0 Å². The van der Waals surface area contributed by atoms with Crippen molar-refractivity contribution in [3.63, 3.8) is 0 Å². The zero-order chi connectivity index (χ0) is 17.7. The second-order valence-electron chi connectivity index (χ2n) is 6.18. The molecule has 1 saturated heterocycles. The molecule has 3 rings (SSSR count). The lowest BCUT2D eigenvalue weighted by Gasteiger charge is -2.43. The highest BCUT2D eigenvalue weighted by Gasteiger charge is 2.43. The summed E-state index contributed by atoms with van der Waals surface area (Å²) in [5.74, 6) is 1.26. The molecule has 0 saturated carbocycles. The maximum Gasteiger partial charge on any atom is 0.226 e. The Morgan fingerprint density at radius 1 is 1.15 bits per heavy atom. The summed E-state index contributed by atoms with van der Waals surface area (Å²) in [6.07, 6.45) is 2.02. The van der Waals surface area contributed by atoms with E-state index < -0.39 is 5.66 Å². The number of hydroxylamine groups is 2. The third kappa shape index (κ3) is 4.87. The second-order valence-corrected chi connectivity index (χ2v) is 6.18. The second kappa shape index (κ2) is 9.20. The first kappa shape index (κ1) is 20.5. The van der Waals surface area contributed by atoms with Crippen LogP contribution in [0.15, 0.2) is 34.3 Å². The summed E-state index contributed by atoms with van der Waals surface area (Å²) < 4.78 is 11.1. The Hall–Kier alpha value is -1.84. The average Bonchev–Trinajstić information content (AvgIpc) is 2.59. The van der Waals surface area contributed by atoms with Gasteiger partial charge in [0.05, 0.1) is 26.4 Å². The number of guanidine groups is 2. The molecule has 1 fully saturated rings. The molecule has 4 N–H and O–H groups in total. The van der Waals surface area contributed by atoms with Crippen molar-refractivity contribution < 1.29 is 14.3 Å². The molecule has 1 aromatic rings. The van der Waals surface area contributed by atoms with Crippen LogP contribution in [0.1, 0.15) is 24.8 Å². The predicted molar refractivity (Wildman–Crippen MR) is 105 cm³/mol. The molecule has 0 bridgehead atoms. The molecule has 2 aliphatic heterocycles. The monoisotopic (exact) mass is 427 g/mol. The Labute approximate surface area is 163 Å². The van der Waals surface area contributed by atoms with Gasteiger partial charge in [-0.25, -0.2) is 4.99 Å². The van der Waals surface area contributed by atoms with E-state index in [9.17, 15) is 0 Å². The average molecular weight is 428 g/mol. The van der Waals surface area contributed by atoms with Gasteiger partial charge < -0.3 is 20.9 Å². The highest BCUT2D eigenvalue weighted by molar-refractivity contribution is 8.93. The smallest absolute Gasteiger partial charge is 0.226 e. The Bertz CT molecular complexity index is 644. The van der Waals surface area contributed by atoms with E-state index in [0.29, 0.717) is 45.7 Å². The van der Waals surface area contributed by atoms with Gasteiger partial charge in [0.1, 0.15) is 5.75 Å². The Balaban J connectivity index is 0.00000243. The van der Waals surface area contributed by atoms with Gasteiger partial charge >= 0.3 is 0 Å². The maximum atomic E-state index is 6.01. The van der Waals surface area contributed by atoms with Crippen molar-refractivity contribution >= 4 is 28.9 Å². The molecule has 0 atom stereocenters. The number of benzene rings is 1. The number of aliphatic imine (C=N–C) groups is 2. The van der Waals surface area contributed by atoms with Gasteiger partial charge in [0.25, 0.3) is 0 Å². The number of hydrogen-bond acceptors (Lipinski definition) is 8. The molecule has 0 amide bonds. The maximum absolute atomic E-state index is 6.01. The fraction of sp³-hybridized carbons (Fsp3) is 0.529. The van der Waals surface area contributed by atoms with Crippen LogP contribution in [0.25, 0.3) is 0 Å². The molecule has 144 valence electrons. The summed E-state index contributed by atoms with van der Waals surface area (Å²) in [4.78, 5) is 14.4. The quantitative estimate of drug-likeness (QED) is 0.669. The van der Waals surface area contributed by atoms with Crippen molar-refractivity contribution in [1.82, 2.24) is 5.06 Å². The molecule has 26 heavy (non-hydrogen) atoms. The predicted octanol–water partition coefficient (Wildman–Crippen LogP) is 1.73. The third-order valence-corrected chi connectivity index (χ3v) is 4.23. The Morgan fingerprint density at radius 3 is 2.54 bits per heavy atom. The lowest BCUT2D eigenvalue weighted by atomic mass is 10.0. The molecule has 9 heteroatoms. The van der Waals surface area contributed by atoms with E-state index >= 15 is 0 Å². The van der Waals surface area contributed by atoms with Crippen LogP contribution < -0.4 is 16.2 Å². The van der Waals surface area contributed by atoms with Crippen LogP contribution in [0.5, 0.6) is 5.75 Å². The molecular formula is C17H26BrN5O3. The van der Waals surface area contributed by atoms with Gasteiger partial charge in [0, 0.05) is 19.3 Å². The number of aryl methyl sites for hydroxylation is 1. The van der Waals surface area contributed by atoms with E-state index in [0.717, 1.165) is 5.75 Å². The van der Waals surface area contributed by atoms with Crippen LogP contribution in [0.4, 0.5) is 0 Å². The lowest BCUT2D eigenvalue weighted by molar-refractivity contribution is -0.190. The molecule has 0 aromatic heterocycles. The van der Waals surface area contributed by atoms with Crippen LogP contribution in [0.3, 0.4) is 0 Å². The first-order chi connectivity index (χ1) is 12.1. The fourth-order valence-corrected chi connectivity index (χ4v) is 2.90. The lowest BCUT2D eigenvalue weighted by Crippen LogP contribution is -2.59. The zero-order valence-electron chi connectivity index (χ0n) is 14.9. The normalized spacial score (nSPS) is 18.7. The number of halogens is 1. The van der Waals surface area contributed by atoms with E-state index in [1.807, 2.05) is 31.2 Å². The minimum Gasteiger partial charge on any atom is -0.494 e. The van der Waals surface area contributed by atoms with Crippen molar-refractivity contribution in [2.45, 2.75) is 31.8 Å². The first-order valence-electron chi connectivity index (χ1n) is 8.49. The van der Waals surface area contributed by atoms with Crippen molar-refractivity contribution in [3.05, 3.63) is 29.8 Å². The minimum atomic E-state index is -0.619. The van der Waals surface area contributed by atoms with Crippen molar-refractivity contribution in [1.29, 1.82) is 0 Å². The van der Waals surface area contributed by atoms with Crippen LogP contribution in [-0.4, -0.2) is 49.1 Å². The SMILES string of the molecule is Br.Cc1ccc(OCCCON2C(N)=NC(N)=NC23CCOCC3)cc1. The fourth-order valence-electron chi connectivity index (χ4n) is 2.90. The molecule has 2 aliphatic rings. The third-order valence-electron chi connectivity index (χ3n) is 4.23.